The monoisotopic (exact) mass is 523 g/mol. The highest BCUT2D eigenvalue weighted by atomic mass is 31.3. The van der Waals surface area contributed by atoms with Gasteiger partial charge in [-0.3, -0.25) is 9.42 Å². The molecule has 2 saturated heterocycles. The van der Waals surface area contributed by atoms with Gasteiger partial charge < -0.3 is 40.3 Å². The molecule has 0 saturated carbocycles. The summed E-state index contributed by atoms with van der Waals surface area (Å²) in [6.07, 6.45) is -5.65. The molecular formula is C10H16N5O14P3. The van der Waals surface area contributed by atoms with Crippen LogP contribution in [0.15, 0.2) is 6.33 Å². The zero-order chi connectivity index (χ0) is 23.6. The summed E-state index contributed by atoms with van der Waals surface area (Å²) in [5, 5.41) is 21.9. The Morgan fingerprint density at radius 1 is 1.06 bits per heavy atom. The lowest BCUT2D eigenvalue weighted by Gasteiger charge is -2.26. The van der Waals surface area contributed by atoms with Crippen LogP contribution in [0, 0.1) is 0 Å². The highest BCUT2D eigenvalue weighted by Gasteiger charge is 2.60. The minimum absolute atomic E-state index is 0.0808. The Morgan fingerprint density at radius 3 is 2.41 bits per heavy atom. The standard InChI is InChI=1S/C10H16N5O14P3/c11-7-4-8(13-2-12-7)14(10-15(4)27-10)9-6(17)5(16)3(26-9)1-25-31(21,22)29-32(23,24)28-30(18,19)20/h2-3,5-6,9-10,16-17H,1H2,(H,21,22)(H,23,24)(H2,11,12,13)(H2,18,19,20)/t3-,5-,6-,9-,10+,15?/m1/s1. The lowest BCUT2D eigenvalue weighted by molar-refractivity contribution is -0.0243. The fourth-order valence-corrected chi connectivity index (χ4v) is 6.13. The lowest BCUT2D eigenvalue weighted by atomic mass is 10.1. The largest absolute Gasteiger partial charge is 0.490 e. The first-order valence-electron chi connectivity index (χ1n) is 8.34. The van der Waals surface area contributed by atoms with Crippen LogP contribution in [-0.4, -0.2) is 77.3 Å². The van der Waals surface area contributed by atoms with Gasteiger partial charge in [-0.1, -0.05) is 0 Å². The molecule has 19 nitrogen and oxygen atoms in total. The number of nitrogens with zero attached hydrogens (tertiary/aromatic N) is 4. The summed E-state index contributed by atoms with van der Waals surface area (Å²) in [5.74, 6) is 0.302. The van der Waals surface area contributed by atoms with Crippen molar-refractivity contribution >= 4 is 40.8 Å². The van der Waals surface area contributed by atoms with E-state index < -0.39 is 61.0 Å². The van der Waals surface area contributed by atoms with Gasteiger partial charge in [-0.2, -0.15) is 13.7 Å². The normalized spacial score (nSPS) is 32.9. The molecule has 7 atom stereocenters. The maximum Gasteiger partial charge on any atom is 0.490 e. The van der Waals surface area contributed by atoms with Crippen molar-refractivity contribution in [3.8, 4) is 0 Å². The summed E-state index contributed by atoms with van der Waals surface area (Å²) >= 11 is 0. The predicted molar refractivity (Wildman–Crippen MR) is 96.8 cm³/mol. The van der Waals surface area contributed by atoms with Crippen molar-refractivity contribution in [3.05, 3.63) is 6.33 Å². The molecule has 1 aromatic rings. The molecule has 32 heavy (non-hydrogen) atoms. The number of hydrogen-bond acceptors (Lipinski definition) is 15. The van der Waals surface area contributed by atoms with Gasteiger partial charge in [-0.05, 0) is 0 Å². The van der Waals surface area contributed by atoms with E-state index in [2.05, 4.69) is 23.1 Å². The smallest absolute Gasteiger partial charge is 0.387 e. The van der Waals surface area contributed by atoms with Crippen LogP contribution in [0.3, 0.4) is 0 Å². The zero-order valence-corrected chi connectivity index (χ0v) is 18.0. The minimum atomic E-state index is -5.71. The van der Waals surface area contributed by atoms with Crippen molar-refractivity contribution in [2.24, 2.45) is 0 Å². The molecule has 8 N–H and O–H groups in total. The van der Waals surface area contributed by atoms with E-state index in [0.29, 0.717) is 5.69 Å². The molecule has 22 heteroatoms. The van der Waals surface area contributed by atoms with Crippen LogP contribution in [0.25, 0.3) is 0 Å². The van der Waals surface area contributed by atoms with Gasteiger partial charge in [0, 0.05) is 0 Å². The molecule has 180 valence electrons. The van der Waals surface area contributed by atoms with Crippen molar-refractivity contribution in [2.45, 2.75) is 30.9 Å². The van der Waals surface area contributed by atoms with Crippen molar-refractivity contribution < 1.29 is 66.2 Å². The van der Waals surface area contributed by atoms with Crippen molar-refractivity contribution in [1.82, 2.24) is 9.97 Å². The lowest BCUT2D eigenvalue weighted by Crippen LogP contribution is -2.45. The first-order valence-corrected chi connectivity index (χ1v) is 12.9. The van der Waals surface area contributed by atoms with Crippen LogP contribution in [0.1, 0.15) is 0 Å². The van der Waals surface area contributed by atoms with Gasteiger partial charge in [-0.15, -0.1) is 0 Å². The average molecular weight is 523 g/mol. The van der Waals surface area contributed by atoms with Crippen LogP contribution < -0.4 is 15.7 Å². The van der Waals surface area contributed by atoms with Crippen LogP contribution in [0.5, 0.6) is 0 Å². The third-order valence-corrected chi connectivity index (χ3v) is 8.13. The fraction of sp³-hybridized carbons (Fsp3) is 0.600. The summed E-state index contributed by atoms with van der Waals surface area (Å²) in [4.78, 5) is 50.1. The maximum absolute atomic E-state index is 11.8. The van der Waals surface area contributed by atoms with E-state index >= 15 is 0 Å². The quantitative estimate of drug-likeness (QED) is 0.139. The van der Waals surface area contributed by atoms with Crippen LogP contribution in [-0.2, 0) is 36.4 Å². The van der Waals surface area contributed by atoms with E-state index in [1.807, 2.05) is 0 Å². The molecule has 2 unspecified atom stereocenters. The number of hydroxylamine groups is 1. The molecule has 3 aliphatic heterocycles. The van der Waals surface area contributed by atoms with E-state index in [4.69, 9.17) is 30.0 Å². The SMILES string of the molecule is Nc1ncnc2c1N1O[C@H]1N2[C@@H]1O[C@H](COP(=O)(O)OP(=O)(O)OP(=O)(O)O)[C@@H](O)[C@H]1O. The fourth-order valence-electron chi connectivity index (χ4n) is 3.10. The van der Waals surface area contributed by atoms with Gasteiger partial charge in [0.15, 0.2) is 23.6 Å². The van der Waals surface area contributed by atoms with E-state index in [0.717, 1.165) is 6.33 Å². The van der Waals surface area contributed by atoms with E-state index in [-0.39, 0.29) is 11.6 Å². The minimum Gasteiger partial charge on any atom is -0.387 e. The average Bonchev–Trinajstić information content (AvgIpc) is 3.25. The van der Waals surface area contributed by atoms with Gasteiger partial charge >= 0.3 is 23.5 Å². The number of nitrogens with two attached hydrogens (primary N) is 1. The first-order chi connectivity index (χ1) is 14.7. The third kappa shape index (κ3) is 4.68. The number of aliphatic hydroxyl groups is 2. The van der Waals surface area contributed by atoms with Crippen LogP contribution in [0.2, 0.25) is 0 Å². The Morgan fingerprint density at radius 2 is 1.75 bits per heavy atom. The number of phosphoric acid groups is 3. The Bertz CT molecular complexity index is 1050. The van der Waals surface area contributed by atoms with Crippen molar-refractivity contribution in [2.75, 3.05) is 22.3 Å². The van der Waals surface area contributed by atoms with Crippen LogP contribution in [0.4, 0.5) is 17.3 Å². The third-order valence-electron chi connectivity index (χ3n) is 4.33. The second-order valence-corrected chi connectivity index (χ2v) is 10.9. The van der Waals surface area contributed by atoms with E-state index in [1.54, 1.807) is 0 Å². The van der Waals surface area contributed by atoms with Gasteiger partial charge in [0.05, 0.1) is 6.61 Å². The molecule has 0 aromatic carbocycles. The van der Waals surface area contributed by atoms with Crippen molar-refractivity contribution in [1.29, 1.82) is 0 Å². The molecule has 2 fully saturated rings. The van der Waals surface area contributed by atoms with Gasteiger partial charge in [-0.25, -0.2) is 28.5 Å². The Hall–Kier alpha value is -1.27. The number of aliphatic hydroxyl groups excluding tert-OH is 2. The highest BCUT2D eigenvalue weighted by molar-refractivity contribution is 7.66. The van der Waals surface area contributed by atoms with Gasteiger partial charge in [0.25, 0.3) is 6.35 Å². The molecule has 0 radical (unpaired) electrons. The zero-order valence-electron chi connectivity index (χ0n) is 15.3. The molecule has 0 spiro atoms. The highest BCUT2D eigenvalue weighted by Crippen LogP contribution is 2.66. The molecule has 0 bridgehead atoms. The molecule has 3 aliphatic rings. The number of hydrogen-bond donors (Lipinski definition) is 7. The number of rotatable bonds is 8. The second kappa shape index (κ2) is 7.90. The molecule has 4 rings (SSSR count). The summed E-state index contributed by atoms with van der Waals surface area (Å²) < 4.78 is 50.9. The Kier molecular flexibility index (Phi) is 5.89. The number of aromatic nitrogens is 2. The number of ether oxygens (including phenoxy) is 1. The molecule has 1 aromatic heterocycles. The molecule has 0 aliphatic carbocycles. The second-order valence-electron chi connectivity index (χ2n) is 6.53. The summed E-state index contributed by atoms with van der Waals surface area (Å²) in [7, 11) is -16.7. The topological polar surface area (TPSA) is 280 Å². The number of nitrogen functional groups attached to an aromatic ring is 1. The summed E-state index contributed by atoms with van der Waals surface area (Å²) in [6, 6.07) is 0. The molecule has 4 heterocycles. The molecule has 0 amide bonds. The number of anilines is 3. The van der Waals surface area contributed by atoms with E-state index in [9.17, 15) is 28.8 Å². The summed E-state index contributed by atoms with van der Waals surface area (Å²) in [5.41, 5.74) is 6.08. The molecular weight excluding hydrogens is 507 g/mol. The number of fused-ring (bicyclic) bond motifs is 3. The summed E-state index contributed by atoms with van der Waals surface area (Å²) in [6.45, 7) is -0.958. The predicted octanol–water partition coefficient (Wildman–Crippen LogP) is -2.30. The van der Waals surface area contributed by atoms with Gasteiger partial charge in [0.2, 0.25) is 0 Å². The van der Waals surface area contributed by atoms with E-state index in [1.165, 1.54) is 9.96 Å². The van der Waals surface area contributed by atoms with Gasteiger partial charge in [0.1, 0.15) is 24.6 Å². The Balaban J connectivity index is 1.42. The van der Waals surface area contributed by atoms with Crippen molar-refractivity contribution in [3.63, 3.8) is 0 Å². The Labute approximate surface area is 177 Å². The number of phosphoric ester groups is 1. The van der Waals surface area contributed by atoms with Crippen LogP contribution >= 0.6 is 23.5 Å². The maximum atomic E-state index is 11.8. The first kappa shape index (κ1) is 23.9.